The molecule has 6 nitrogen and oxygen atoms in total. The number of aryl methyl sites for hydroxylation is 4. The molecule has 10 rings (SSSR count). The number of nitrogens with zero attached hydrogens (tertiary/aromatic N) is 2. The molecule has 4 N–H and O–H groups in total. The number of hydrogen-bond donors (Lipinski definition) is 4. The second-order valence-corrected chi connectivity index (χ2v) is 12.7. The molecule has 4 fully saturated rings. The first kappa shape index (κ1) is 20.7. The highest BCUT2D eigenvalue weighted by Gasteiger charge is 2.48. The molecule has 6 atom stereocenters. The molecule has 0 radical (unpaired) electrons. The highest BCUT2D eigenvalue weighted by Crippen LogP contribution is 2.47. The van der Waals surface area contributed by atoms with Crippen molar-refractivity contribution in [3.63, 3.8) is 0 Å². The van der Waals surface area contributed by atoms with Crippen LogP contribution >= 0.6 is 0 Å². The van der Waals surface area contributed by atoms with E-state index in [1.54, 1.807) is 0 Å². The standard InChI is InChI=1S/C32H32N6/c1-5-21-17(3-7-23-29(21)37-31(35-23)27-13-19-11-25(19)33-27)9-15(1)16-2-6-22-18(10-16)4-8-24-30(22)38-32(36-24)28-14-20-12-26(20)34-28/h1-2,5-6,9-10,19-20,25-28,33-34H,3-4,7-8,11-14H2,(H,35,37)(H,36,38)/t19-,20-,25-,26-,27+,28+/m1/s1. The molecule has 2 saturated heterocycles. The van der Waals surface area contributed by atoms with Gasteiger partial charge in [-0.3, -0.25) is 0 Å². The first-order valence-electron chi connectivity index (χ1n) is 14.7. The molecule has 2 aromatic carbocycles. The third kappa shape index (κ3) is 3.02. The van der Waals surface area contributed by atoms with Crippen LogP contribution in [0, 0.1) is 11.8 Å². The fourth-order valence-corrected chi connectivity index (χ4v) is 8.01. The Kier molecular flexibility index (Phi) is 3.95. The van der Waals surface area contributed by atoms with E-state index in [4.69, 9.17) is 9.97 Å². The Labute approximate surface area is 222 Å². The molecule has 0 unspecified atom stereocenters. The zero-order valence-corrected chi connectivity index (χ0v) is 21.5. The molecule has 4 aromatic rings. The number of H-pyrrole nitrogens is 2. The summed E-state index contributed by atoms with van der Waals surface area (Å²) in [6, 6.07) is 16.4. The lowest BCUT2D eigenvalue weighted by atomic mass is 9.87. The van der Waals surface area contributed by atoms with Crippen molar-refractivity contribution in [3.8, 4) is 33.6 Å². The van der Waals surface area contributed by atoms with Crippen molar-refractivity contribution in [2.45, 2.75) is 75.5 Å². The van der Waals surface area contributed by atoms with Crippen LogP contribution in [0.4, 0.5) is 0 Å². The predicted molar refractivity (Wildman–Crippen MR) is 147 cm³/mol. The Bertz CT molecular complexity index is 1500. The first-order valence-corrected chi connectivity index (χ1v) is 14.7. The fourth-order valence-electron chi connectivity index (χ4n) is 8.01. The summed E-state index contributed by atoms with van der Waals surface area (Å²) in [5.74, 6) is 4.06. The van der Waals surface area contributed by atoms with Gasteiger partial charge in [-0.15, -0.1) is 0 Å². The van der Waals surface area contributed by atoms with Gasteiger partial charge in [-0.25, -0.2) is 9.97 Å². The lowest BCUT2D eigenvalue weighted by Gasteiger charge is -2.19. The van der Waals surface area contributed by atoms with Crippen molar-refractivity contribution in [2.75, 3.05) is 0 Å². The highest BCUT2D eigenvalue weighted by atomic mass is 15.1. The van der Waals surface area contributed by atoms with E-state index in [-0.39, 0.29) is 0 Å². The molecule has 0 spiro atoms. The number of benzene rings is 2. The van der Waals surface area contributed by atoms with Gasteiger partial charge in [0.1, 0.15) is 11.6 Å². The van der Waals surface area contributed by atoms with Gasteiger partial charge < -0.3 is 20.6 Å². The van der Waals surface area contributed by atoms with Gasteiger partial charge in [-0.05, 0) is 85.5 Å². The van der Waals surface area contributed by atoms with E-state index in [0.717, 1.165) is 61.3 Å². The smallest absolute Gasteiger partial charge is 0.124 e. The average molecular weight is 501 g/mol. The summed E-state index contributed by atoms with van der Waals surface area (Å²) in [7, 11) is 0. The van der Waals surface area contributed by atoms with E-state index in [1.165, 1.54) is 81.8 Å². The van der Waals surface area contributed by atoms with Crippen molar-refractivity contribution in [2.24, 2.45) is 11.8 Å². The van der Waals surface area contributed by atoms with Gasteiger partial charge in [-0.2, -0.15) is 0 Å². The second-order valence-electron chi connectivity index (χ2n) is 12.7. The van der Waals surface area contributed by atoms with Gasteiger partial charge in [0.05, 0.1) is 34.9 Å². The molecule has 190 valence electrons. The predicted octanol–water partition coefficient (Wildman–Crippen LogP) is 5.18. The molecule has 6 aliphatic rings. The summed E-state index contributed by atoms with van der Waals surface area (Å²) in [6.07, 6.45) is 9.35. The molecule has 38 heavy (non-hydrogen) atoms. The van der Waals surface area contributed by atoms with Crippen molar-refractivity contribution >= 4 is 0 Å². The number of hydrogen-bond acceptors (Lipinski definition) is 4. The van der Waals surface area contributed by atoms with E-state index in [2.05, 4.69) is 57.0 Å². The zero-order valence-electron chi connectivity index (χ0n) is 21.5. The van der Waals surface area contributed by atoms with Gasteiger partial charge in [0.25, 0.3) is 0 Å². The summed E-state index contributed by atoms with van der Waals surface area (Å²) in [5, 5.41) is 7.51. The molecule has 2 aromatic heterocycles. The number of rotatable bonds is 3. The minimum atomic E-state index is 0.411. The summed E-state index contributed by atoms with van der Waals surface area (Å²) >= 11 is 0. The summed E-state index contributed by atoms with van der Waals surface area (Å²) in [4.78, 5) is 17.5. The number of aromatic amines is 2. The second kappa shape index (κ2) is 7.25. The lowest BCUT2D eigenvalue weighted by molar-refractivity contribution is 0.542. The van der Waals surface area contributed by atoms with Crippen LogP contribution in [-0.2, 0) is 25.7 Å². The maximum atomic E-state index is 5.04. The number of aromatic nitrogens is 4. The van der Waals surface area contributed by atoms with Gasteiger partial charge in [-0.1, -0.05) is 36.4 Å². The van der Waals surface area contributed by atoms with E-state index in [1.807, 2.05) is 0 Å². The van der Waals surface area contributed by atoms with Crippen LogP contribution in [0.25, 0.3) is 33.6 Å². The number of imidazole rings is 2. The Hall–Kier alpha value is -3.22. The van der Waals surface area contributed by atoms with Gasteiger partial charge in [0.2, 0.25) is 0 Å². The molecule has 4 heterocycles. The monoisotopic (exact) mass is 500 g/mol. The molecule has 4 aliphatic carbocycles. The van der Waals surface area contributed by atoms with E-state index in [0.29, 0.717) is 12.1 Å². The summed E-state index contributed by atoms with van der Waals surface area (Å²) in [6.45, 7) is 0. The maximum Gasteiger partial charge on any atom is 0.124 e. The zero-order chi connectivity index (χ0) is 24.5. The third-order valence-electron chi connectivity index (χ3n) is 10.4. The van der Waals surface area contributed by atoms with Gasteiger partial charge >= 0.3 is 0 Å². The Morgan fingerprint density at radius 2 is 1.08 bits per heavy atom. The molecule has 6 heteroatoms. The molecular weight excluding hydrogens is 468 g/mol. The maximum absolute atomic E-state index is 5.04. The van der Waals surface area contributed by atoms with Crippen molar-refractivity contribution in [3.05, 3.63) is 70.6 Å². The van der Waals surface area contributed by atoms with Crippen LogP contribution in [0.2, 0.25) is 0 Å². The van der Waals surface area contributed by atoms with Crippen LogP contribution < -0.4 is 10.6 Å². The topological polar surface area (TPSA) is 81.4 Å². The van der Waals surface area contributed by atoms with Crippen molar-refractivity contribution in [1.29, 1.82) is 0 Å². The largest absolute Gasteiger partial charge is 0.340 e. The normalized spacial score (nSPS) is 31.2. The van der Waals surface area contributed by atoms with Gasteiger partial charge in [0.15, 0.2) is 0 Å². The first-order chi connectivity index (χ1) is 18.7. The van der Waals surface area contributed by atoms with Gasteiger partial charge in [0, 0.05) is 23.2 Å². The minimum Gasteiger partial charge on any atom is -0.340 e. The van der Waals surface area contributed by atoms with Crippen LogP contribution in [0.1, 0.15) is 71.9 Å². The summed E-state index contributed by atoms with van der Waals surface area (Å²) in [5.41, 5.74) is 13.2. The molecule has 0 bridgehead atoms. The average Bonchev–Trinajstić information content (AvgIpc) is 3.54. The minimum absolute atomic E-state index is 0.411. The van der Waals surface area contributed by atoms with Crippen molar-refractivity contribution in [1.82, 2.24) is 30.6 Å². The lowest BCUT2D eigenvalue weighted by Crippen LogP contribution is -2.18. The van der Waals surface area contributed by atoms with Crippen LogP contribution in [0.15, 0.2) is 36.4 Å². The molecule has 0 amide bonds. The Morgan fingerprint density at radius 1 is 0.579 bits per heavy atom. The van der Waals surface area contributed by atoms with Crippen molar-refractivity contribution < 1.29 is 0 Å². The number of fused-ring (bicyclic) bond motifs is 8. The highest BCUT2D eigenvalue weighted by molar-refractivity contribution is 5.78. The summed E-state index contributed by atoms with van der Waals surface area (Å²) < 4.78 is 0. The Morgan fingerprint density at radius 3 is 1.53 bits per heavy atom. The van der Waals surface area contributed by atoms with E-state index >= 15 is 0 Å². The molecule has 2 aliphatic heterocycles. The van der Waals surface area contributed by atoms with Crippen LogP contribution in [-0.4, -0.2) is 32.0 Å². The van der Waals surface area contributed by atoms with Crippen LogP contribution in [0.5, 0.6) is 0 Å². The molecule has 2 saturated carbocycles. The fraction of sp³-hybridized carbons (Fsp3) is 0.438. The van der Waals surface area contributed by atoms with E-state index in [9.17, 15) is 0 Å². The van der Waals surface area contributed by atoms with Crippen LogP contribution in [0.3, 0.4) is 0 Å². The quantitative estimate of drug-likeness (QED) is 0.313. The number of nitrogens with one attached hydrogen (secondary N) is 4. The Balaban J connectivity index is 0.954. The van der Waals surface area contributed by atoms with E-state index < -0.39 is 0 Å². The SMILES string of the molecule is c1cc2c(cc1-c1ccc3c(c1)CCc1nc([C@@H]4C[C@H]5C[C@H]5N4)[nH]c1-3)CCc1nc([C@@H]3C[C@H]4C[C@H]4N3)[nH]c1-2. The number of piperidine rings is 2. The molecular formula is C32H32N6. The third-order valence-corrected chi connectivity index (χ3v) is 10.4.